The highest BCUT2D eigenvalue weighted by Crippen LogP contribution is 2.14. The fourth-order valence-electron chi connectivity index (χ4n) is 1.78. The van der Waals surface area contributed by atoms with Gasteiger partial charge in [0, 0.05) is 24.3 Å². The second-order valence-corrected chi connectivity index (χ2v) is 4.63. The van der Waals surface area contributed by atoms with Gasteiger partial charge in [-0.05, 0) is 31.0 Å². The Morgan fingerprint density at radius 2 is 2.06 bits per heavy atom. The van der Waals surface area contributed by atoms with Gasteiger partial charge in [-0.1, -0.05) is 20.3 Å². The molecule has 1 unspecified atom stereocenters. The zero-order chi connectivity index (χ0) is 13.7. The number of amides is 1. The van der Waals surface area contributed by atoms with E-state index in [-0.39, 0.29) is 11.6 Å². The molecular formula is C14H21FN2O. The van der Waals surface area contributed by atoms with Gasteiger partial charge < -0.3 is 10.6 Å². The fraction of sp³-hybridized carbons (Fsp3) is 0.500. The SMILES string of the molecule is CCC(C)CN(CC)C(=O)c1cc(N)cc(F)c1. The van der Waals surface area contributed by atoms with Crippen molar-refractivity contribution in [3.63, 3.8) is 0 Å². The highest BCUT2D eigenvalue weighted by atomic mass is 19.1. The third-order valence-corrected chi connectivity index (χ3v) is 3.06. The lowest BCUT2D eigenvalue weighted by molar-refractivity contribution is 0.0740. The summed E-state index contributed by atoms with van der Waals surface area (Å²) in [5.74, 6) is -0.207. The summed E-state index contributed by atoms with van der Waals surface area (Å²) in [7, 11) is 0. The quantitative estimate of drug-likeness (QED) is 0.819. The van der Waals surface area contributed by atoms with E-state index >= 15 is 0 Å². The lowest BCUT2D eigenvalue weighted by Gasteiger charge is -2.24. The zero-order valence-corrected chi connectivity index (χ0v) is 11.2. The Morgan fingerprint density at radius 1 is 1.39 bits per heavy atom. The van der Waals surface area contributed by atoms with Crippen LogP contribution in [0.1, 0.15) is 37.6 Å². The van der Waals surface area contributed by atoms with E-state index in [1.54, 1.807) is 4.90 Å². The molecular weight excluding hydrogens is 231 g/mol. The number of nitrogen functional groups attached to an aromatic ring is 1. The van der Waals surface area contributed by atoms with Crippen molar-refractivity contribution in [3.05, 3.63) is 29.6 Å². The first-order valence-electron chi connectivity index (χ1n) is 6.33. The van der Waals surface area contributed by atoms with Gasteiger partial charge in [-0.15, -0.1) is 0 Å². The van der Waals surface area contributed by atoms with Crippen molar-refractivity contribution < 1.29 is 9.18 Å². The number of carbonyl (C=O) groups excluding carboxylic acids is 1. The van der Waals surface area contributed by atoms with Gasteiger partial charge in [0.15, 0.2) is 0 Å². The Balaban J connectivity index is 2.89. The minimum absolute atomic E-state index is 0.163. The minimum Gasteiger partial charge on any atom is -0.399 e. The number of nitrogens with two attached hydrogens (primary N) is 1. The van der Waals surface area contributed by atoms with Crippen molar-refractivity contribution in [2.45, 2.75) is 27.2 Å². The standard InChI is InChI=1S/C14H21FN2O/c1-4-10(3)9-17(5-2)14(18)11-6-12(15)8-13(16)7-11/h6-8,10H,4-5,9,16H2,1-3H3. The van der Waals surface area contributed by atoms with Crippen LogP contribution in [0.5, 0.6) is 0 Å². The maximum absolute atomic E-state index is 13.2. The van der Waals surface area contributed by atoms with Gasteiger partial charge in [-0.2, -0.15) is 0 Å². The van der Waals surface area contributed by atoms with Gasteiger partial charge in [0.1, 0.15) is 5.82 Å². The van der Waals surface area contributed by atoms with Crippen molar-refractivity contribution in [2.24, 2.45) is 5.92 Å². The highest BCUT2D eigenvalue weighted by molar-refractivity contribution is 5.95. The normalized spacial score (nSPS) is 12.2. The number of hydrogen-bond acceptors (Lipinski definition) is 2. The fourth-order valence-corrected chi connectivity index (χ4v) is 1.78. The Kier molecular flexibility index (Phi) is 5.13. The van der Waals surface area contributed by atoms with Crippen LogP contribution < -0.4 is 5.73 Å². The summed E-state index contributed by atoms with van der Waals surface area (Å²) < 4.78 is 13.2. The second-order valence-electron chi connectivity index (χ2n) is 4.63. The first kappa shape index (κ1) is 14.5. The molecule has 0 saturated heterocycles. The number of hydrogen-bond donors (Lipinski definition) is 1. The van der Waals surface area contributed by atoms with Crippen molar-refractivity contribution in [1.29, 1.82) is 0 Å². The van der Waals surface area contributed by atoms with E-state index in [1.807, 2.05) is 6.92 Å². The van der Waals surface area contributed by atoms with Crippen molar-refractivity contribution in [2.75, 3.05) is 18.8 Å². The molecule has 0 aromatic heterocycles. The predicted molar refractivity (Wildman–Crippen MR) is 71.8 cm³/mol. The number of rotatable bonds is 5. The second kappa shape index (κ2) is 6.38. The largest absolute Gasteiger partial charge is 0.399 e. The van der Waals surface area contributed by atoms with E-state index in [2.05, 4.69) is 13.8 Å². The summed E-state index contributed by atoms with van der Waals surface area (Å²) in [6.45, 7) is 7.39. The van der Waals surface area contributed by atoms with Crippen molar-refractivity contribution >= 4 is 11.6 Å². The van der Waals surface area contributed by atoms with E-state index < -0.39 is 5.82 Å². The van der Waals surface area contributed by atoms with E-state index in [1.165, 1.54) is 18.2 Å². The molecule has 100 valence electrons. The van der Waals surface area contributed by atoms with Gasteiger partial charge >= 0.3 is 0 Å². The summed E-state index contributed by atoms with van der Waals surface area (Å²) in [5.41, 5.74) is 6.15. The zero-order valence-electron chi connectivity index (χ0n) is 11.2. The topological polar surface area (TPSA) is 46.3 Å². The van der Waals surface area contributed by atoms with Crippen molar-refractivity contribution in [1.82, 2.24) is 4.90 Å². The Morgan fingerprint density at radius 3 is 2.56 bits per heavy atom. The Hall–Kier alpha value is -1.58. The van der Waals surface area contributed by atoms with Gasteiger partial charge in [0.2, 0.25) is 0 Å². The molecule has 0 aliphatic rings. The molecule has 3 nitrogen and oxygen atoms in total. The first-order valence-corrected chi connectivity index (χ1v) is 6.33. The van der Waals surface area contributed by atoms with Gasteiger partial charge in [0.25, 0.3) is 5.91 Å². The van der Waals surface area contributed by atoms with Crippen LogP contribution in [0.3, 0.4) is 0 Å². The molecule has 1 amide bonds. The summed E-state index contributed by atoms with van der Waals surface area (Å²) in [6.07, 6.45) is 1.01. The monoisotopic (exact) mass is 252 g/mol. The number of benzene rings is 1. The van der Waals surface area contributed by atoms with E-state index in [9.17, 15) is 9.18 Å². The highest BCUT2D eigenvalue weighted by Gasteiger charge is 2.17. The molecule has 0 bridgehead atoms. The third-order valence-electron chi connectivity index (χ3n) is 3.06. The van der Waals surface area contributed by atoms with Crippen LogP contribution >= 0.6 is 0 Å². The maximum atomic E-state index is 13.2. The van der Waals surface area contributed by atoms with Crippen molar-refractivity contribution in [3.8, 4) is 0 Å². The predicted octanol–water partition coefficient (Wildman–Crippen LogP) is 2.92. The van der Waals surface area contributed by atoms with Crippen LogP contribution in [0.4, 0.5) is 10.1 Å². The molecule has 0 radical (unpaired) electrons. The lowest BCUT2D eigenvalue weighted by atomic mass is 10.1. The summed E-state index contributed by atoms with van der Waals surface area (Å²) >= 11 is 0. The number of carbonyl (C=O) groups is 1. The van der Waals surface area contributed by atoms with Crippen LogP contribution in [0.25, 0.3) is 0 Å². The smallest absolute Gasteiger partial charge is 0.254 e. The average Bonchev–Trinajstić information content (AvgIpc) is 2.33. The molecule has 0 spiro atoms. The number of anilines is 1. The van der Waals surface area contributed by atoms with E-state index in [4.69, 9.17) is 5.73 Å². The number of halogens is 1. The molecule has 1 atom stereocenters. The minimum atomic E-state index is -0.474. The molecule has 0 saturated carbocycles. The molecule has 0 heterocycles. The molecule has 0 aliphatic heterocycles. The van der Waals surface area contributed by atoms with Gasteiger partial charge in [0.05, 0.1) is 0 Å². The number of nitrogens with zero attached hydrogens (tertiary/aromatic N) is 1. The van der Waals surface area contributed by atoms with Crippen LogP contribution in [-0.4, -0.2) is 23.9 Å². The molecule has 1 aromatic rings. The lowest BCUT2D eigenvalue weighted by Crippen LogP contribution is -2.34. The van der Waals surface area contributed by atoms with E-state index in [0.29, 0.717) is 24.6 Å². The van der Waals surface area contributed by atoms with E-state index in [0.717, 1.165) is 6.42 Å². The molecule has 4 heteroatoms. The maximum Gasteiger partial charge on any atom is 0.254 e. The molecule has 0 aliphatic carbocycles. The molecule has 1 rings (SSSR count). The summed E-state index contributed by atoms with van der Waals surface area (Å²) in [6, 6.07) is 3.96. The molecule has 18 heavy (non-hydrogen) atoms. The van der Waals surface area contributed by atoms with Crippen LogP contribution in [0, 0.1) is 11.7 Å². The Labute approximate surface area is 108 Å². The molecule has 1 aromatic carbocycles. The van der Waals surface area contributed by atoms with Gasteiger partial charge in [-0.3, -0.25) is 4.79 Å². The molecule has 0 fully saturated rings. The molecule has 2 N–H and O–H groups in total. The van der Waals surface area contributed by atoms with Crippen LogP contribution in [0.15, 0.2) is 18.2 Å². The van der Waals surface area contributed by atoms with Gasteiger partial charge in [-0.25, -0.2) is 4.39 Å². The summed E-state index contributed by atoms with van der Waals surface area (Å²) in [4.78, 5) is 14.0. The average molecular weight is 252 g/mol. The summed E-state index contributed by atoms with van der Waals surface area (Å²) in [5, 5.41) is 0. The third kappa shape index (κ3) is 3.72. The van der Waals surface area contributed by atoms with Crippen LogP contribution in [0.2, 0.25) is 0 Å². The first-order chi connectivity index (χ1) is 8.47. The van der Waals surface area contributed by atoms with Crippen LogP contribution in [-0.2, 0) is 0 Å². The Bertz CT molecular complexity index is 400.